The maximum atomic E-state index is 11.5. The summed E-state index contributed by atoms with van der Waals surface area (Å²) < 4.78 is 0.925. The first-order valence-electron chi connectivity index (χ1n) is 5.64. The van der Waals surface area contributed by atoms with Crippen molar-refractivity contribution in [2.45, 2.75) is 6.54 Å². The van der Waals surface area contributed by atoms with Crippen molar-refractivity contribution < 1.29 is 9.59 Å². The third kappa shape index (κ3) is 5.25. The Morgan fingerprint density at radius 1 is 1.47 bits per heavy atom. The van der Waals surface area contributed by atoms with Crippen LogP contribution in [-0.4, -0.2) is 34.4 Å². The molecule has 5 nitrogen and oxygen atoms in total. The minimum absolute atomic E-state index is 0.220. The lowest BCUT2D eigenvalue weighted by Gasteiger charge is -2.05. The zero-order valence-electron chi connectivity index (χ0n) is 10.0. The normalized spacial score (nSPS) is 14.0. The highest BCUT2D eigenvalue weighted by Crippen LogP contribution is 2.21. The van der Waals surface area contributed by atoms with Crippen molar-refractivity contribution in [2.75, 3.05) is 18.1 Å². The van der Waals surface area contributed by atoms with E-state index in [1.54, 1.807) is 23.1 Å². The van der Waals surface area contributed by atoms with Gasteiger partial charge in [0.25, 0.3) is 0 Å². The Bertz CT molecular complexity index is 474. The van der Waals surface area contributed by atoms with E-state index < -0.39 is 6.03 Å². The summed E-state index contributed by atoms with van der Waals surface area (Å²) in [6.45, 7) is 1.25. The van der Waals surface area contributed by atoms with Crippen molar-refractivity contribution in [3.63, 3.8) is 0 Å². The van der Waals surface area contributed by atoms with Gasteiger partial charge in [-0.3, -0.25) is 15.1 Å². The fourth-order valence-electron chi connectivity index (χ4n) is 1.32. The number of hydrogen-bond donors (Lipinski definition) is 2. The Morgan fingerprint density at radius 2 is 2.37 bits per heavy atom. The van der Waals surface area contributed by atoms with E-state index in [9.17, 15) is 9.59 Å². The van der Waals surface area contributed by atoms with Gasteiger partial charge < -0.3 is 5.32 Å². The van der Waals surface area contributed by atoms with Gasteiger partial charge in [0, 0.05) is 10.6 Å². The second-order valence-corrected chi connectivity index (χ2v) is 6.93. The molecule has 0 unspecified atom stereocenters. The third-order valence-electron chi connectivity index (χ3n) is 2.14. The average molecular weight is 315 g/mol. The fraction of sp³-hybridized carbons (Fsp3) is 0.364. The molecule has 3 amide bonds. The standard InChI is InChI=1S/C11H13N3O2S3/c15-9(7-19-11-12-3-5-18-11)14-10(16)13-6-8-2-1-4-17-8/h1-2,4H,3,5-7H2,(H2,13,14,15,16). The molecule has 1 aliphatic heterocycles. The molecule has 0 spiro atoms. The fourth-order valence-corrected chi connectivity index (χ4v) is 3.77. The predicted octanol–water partition coefficient (Wildman–Crippen LogP) is 1.91. The molecule has 102 valence electrons. The Kier molecular flexibility index (Phi) is 5.74. The Hall–Kier alpha value is -0.990. The molecule has 0 saturated heterocycles. The molecule has 0 fully saturated rings. The van der Waals surface area contributed by atoms with Gasteiger partial charge in [-0.05, 0) is 11.4 Å². The Morgan fingerprint density at radius 3 is 3.05 bits per heavy atom. The molecular weight excluding hydrogens is 302 g/mol. The van der Waals surface area contributed by atoms with Gasteiger partial charge in [-0.2, -0.15) is 0 Å². The van der Waals surface area contributed by atoms with Crippen molar-refractivity contribution >= 4 is 51.2 Å². The van der Waals surface area contributed by atoms with Crippen LogP contribution in [0.4, 0.5) is 4.79 Å². The summed E-state index contributed by atoms with van der Waals surface area (Å²) in [5.74, 6) is 0.896. The lowest BCUT2D eigenvalue weighted by Crippen LogP contribution is -2.39. The second kappa shape index (κ2) is 7.56. The van der Waals surface area contributed by atoms with Crippen LogP contribution in [0.1, 0.15) is 4.88 Å². The molecule has 1 aromatic rings. The molecule has 1 aliphatic rings. The van der Waals surface area contributed by atoms with Gasteiger partial charge in [0.1, 0.15) is 4.38 Å². The van der Waals surface area contributed by atoms with Gasteiger partial charge in [0.05, 0.1) is 18.8 Å². The Balaban J connectivity index is 1.62. The van der Waals surface area contributed by atoms with E-state index in [-0.39, 0.29) is 11.7 Å². The van der Waals surface area contributed by atoms with E-state index >= 15 is 0 Å². The number of aliphatic imine (C=N–C) groups is 1. The zero-order valence-corrected chi connectivity index (χ0v) is 12.5. The molecule has 2 rings (SSSR count). The molecule has 2 heterocycles. The molecular formula is C11H13N3O2S3. The number of carbonyl (C=O) groups is 2. The maximum Gasteiger partial charge on any atom is 0.321 e. The number of urea groups is 1. The van der Waals surface area contributed by atoms with E-state index in [0.29, 0.717) is 6.54 Å². The lowest BCUT2D eigenvalue weighted by molar-refractivity contribution is -0.117. The number of carbonyl (C=O) groups excluding carboxylic acids is 2. The molecule has 0 atom stereocenters. The number of nitrogens with zero attached hydrogens (tertiary/aromatic N) is 1. The molecule has 0 radical (unpaired) electrons. The molecule has 0 saturated carbocycles. The summed E-state index contributed by atoms with van der Waals surface area (Å²) in [7, 11) is 0. The van der Waals surface area contributed by atoms with Crippen LogP contribution < -0.4 is 10.6 Å². The molecule has 19 heavy (non-hydrogen) atoms. The van der Waals surface area contributed by atoms with Gasteiger partial charge in [-0.25, -0.2) is 4.79 Å². The third-order valence-corrected chi connectivity index (χ3v) is 5.27. The molecule has 0 aliphatic carbocycles. The predicted molar refractivity (Wildman–Crippen MR) is 81.9 cm³/mol. The Labute approximate surface area is 123 Å². The van der Waals surface area contributed by atoms with Crippen LogP contribution in [0.3, 0.4) is 0 Å². The van der Waals surface area contributed by atoms with Crippen LogP contribution in [0, 0.1) is 0 Å². The van der Waals surface area contributed by atoms with Crippen molar-refractivity contribution in [3.8, 4) is 0 Å². The van der Waals surface area contributed by atoms with E-state index in [0.717, 1.165) is 21.6 Å². The largest absolute Gasteiger partial charge is 0.333 e. The van der Waals surface area contributed by atoms with Gasteiger partial charge in [-0.1, -0.05) is 29.6 Å². The van der Waals surface area contributed by atoms with Crippen LogP contribution in [0.5, 0.6) is 0 Å². The smallest absolute Gasteiger partial charge is 0.321 e. The first-order valence-corrected chi connectivity index (χ1v) is 8.49. The monoisotopic (exact) mass is 315 g/mol. The lowest BCUT2D eigenvalue weighted by atomic mass is 10.5. The average Bonchev–Trinajstić information content (AvgIpc) is 3.07. The summed E-state index contributed by atoms with van der Waals surface area (Å²) >= 11 is 4.58. The number of amides is 3. The van der Waals surface area contributed by atoms with Crippen LogP contribution in [0.2, 0.25) is 0 Å². The number of imide groups is 1. The zero-order chi connectivity index (χ0) is 13.5. The maximum absolute atomic E-state index is 11.5. The van der Waals surface area contributed by atoms with Crippen LogP contribution in [-0.2, 0) is 11.3 Å². The SMILES string of the molecule is O=C(CSC1=NCCS1)NC(=O)NCc1cccs1. The molecule has 1 aromatic heterocycles. The molecule has 2 N–H and O–H groups in total. The number of hydrogen-bond acceptors (Lipinski definition) is 6. The highest BCUT2D eigenvalue weighted by molar-refractivity contribution is 8.39. The summed E-state index contributed by atoms with van der Waals surface area (Å²) in [5.41, 5.74) is 0. The van der Waals surface area contributed by atoms with Gasteiger partial charge in [0.15, 0.2) is 0 Å². The second-order valence-electron chi connectivity index (χ2n) is 3.59. The quantitative estimate of drug-likeness (QED) is 0.890. The number of nitrogens with one attached hydrogen (secondary N) is 2. The van der Waals surface area contributed by atoms with Crippen molar-refractivity contribution in [2.24, 2.45) is 4.99 Å². The minimum atomic E-state index is -0.458. The highest BCUT2D eigenvalue weighted by Gasteiger charge is 2.12. The van der Waals surface area contributed by atoms with Gasteiger partial charge in [0.2, 0.25) is 5.91 Å². The topological polar surface area (TPSA) is 70.6 Å². The summed E-state index contributed by atoms with van der Waals surface area (Å²) in [6, 6.07) is 3.39. The summed E-state index contributed by atoms with van der Waals surface area (Å²) in [4.78, 5) is 28.2. The summed E-state index contributed by atoms with van der Waals surface area (Å²) in [6.07, 6.45) is 0. The van der Waals surface area contributed by atoms with Gasteiger partial charge >= 0.3 is 6.03 Å². The van der Waals surface area contributed by atoms with E-state index in [1.165, 1.54) is 11.8 Å². The van der Waals surface area contributed by atoms with E-state index in [4.69, 9.17) is 0 Å². The van der Waals surface area contributed by atoms with Crippen LogP contribution in [0.25, 0.3) is 0 Å². The molecule has 0 aromatic carbocycles. The minimum Gasteiger partial charge on any atom is -0.333 e. The van der Waals surface area contributed by atoms with Crippen LogP contribution in [0.15, 0.2) is 22.5 Å². The number of thiophene rings is 1. The van der Waals surface area contributed by atoms with Crippen molar-refractivity contribution in [1.29, 1.82) is 0 Å². The van der Waals surface area contributed by atoms with Gasteiger partial charge in [-0.15, -0.1) is 11.3 Å². The molecule has 8 heteroatoms. The van der Waals surface area contributed by atoms with E-state index in [2.05, 4.69) is 15.6 Å². The number of thioether (sulfide) groups is 2. The molecule has 0 bridgehead atoms. The van der Waals surface area contributed by atoms with Crippen molar-refractivity contribution in [3.05, 3.63) is 22.4 Å². The first-order chi connectivity index (χ1) is 9.24. The van der Waals surface area contributed by atoms with Crippen LogP contribution >= 0.6 is 34.9 Å². The first kappa shape index (κ1) is 14.4. The number of rotatable bonds is 4. The highest BCUT2D eigenvalue weighted by atomic mass is 32.2. The van der Waals surface area contributed by atoms with E-state index in [1.807, 2.05) is 17.5 Å². The van der Waals surface area contributed by atoms with Crippen molar-refractivity contribution in [1.82, 2.24) is 10.6 Å². The summed E-state index contributed by atoms with van der Waals surface area (Å²) in [5, 5.41) is 6.88.